The second kappa shape index (κ2) is 6.78. The summed E-state index contributed by atoms with van der Waals surface area (Å²) in [7, 11) is 3.28. The van der Waals surface area contributed by atoms with Crippen LogP contribution in [-0.4, -0.2) is 38.1 Å². The lowest BCUT2D eigenvalue weighted by molar-refractivity contribution is -0.125. The topological polar surface area (TPSA) is 76.8 Å². The van der Waals surface area contributed by atoms with Gasteiger partial charge >= 0.3 is 0 Å². The Morgan fingerprint density at radius 3 is 2.52 bits per heavy atom. The second-order valence-corrected chi connectivity index (χ2v) is 5.37. The molecule has 0 saturated carbocycles. The van der Waals surface area contributed by atoms with Gasteiger partial charge in [0.25, 0.3) is 0 Å². The molecule has 0 fully saturated rings. The van der Waals surface area contributed by atoms with Crippen molar-refractivity contribution >= 4 is 5.91 Å². The van der Waals surface area contributed by atoms with Gasteiger partial charge in [-0.3, -0.25) is 15.1 Å². The monoisotopic (exact) mass is 293 g/mol. The van der Waals surface area contributed by atoms with Gasteiger partial charge in [-0.25, -0.2) is 5.84 Å². The van der Waals surface area contributed by atoms with Crippen LogP contribution < -0.4 is 20.7 Å². The highest BCUT2D eigenvalue weighted by molar-refractivity contribution is 5.77. The fraction of sp³-hybridized carbons (Fsp3) is 0.533. The first-order chi connectivity index (χ1) is 10.1. The van der Waals surface area contributed by atoms with Crippen LogP contribution in [0.3, 0.4) is 0 Å². The van der Waals surface area contributed by atoms with E-state index in [1.807, 2.05) is 19.1 Å². The van der Waals surface area contributed by atoms with Gasteiger partial charge in [-0.05, 0) is 29.7 Å². The van der Waals surface area contributed by atoms with E-state index in [4.69, 9.17) is 15.3 Å². The number of nitrogens with two attached hydrogens (primary N) is 1. The van der Waals surface area contributed by atoms with Crippen molar-refractivity contribution in [1.82, 2.24) is 10.3 Å². The molecule has 6 nitrogen and oxygen atoms in total. The third kappa shape index (κ3) is 3.46. The number of fused-ring (bicyclic) bond motifs is 1. The summed E-state index contributed by atoms with van der Waals surface area (Å²) >= 11 is 0. The molecule has 1 unspecified atom stereocenters. The highest BCUT2D eigenvalue weighted by Crippen LogP contribution is 2.33. The molecule has 1 aliphatic rings. The van der Waals surface area contributed by atoms with E-state index in [1.165, 1.54) is 11.1 Å². The van der Waals surface area contributed by atoms with Gasteiger partial charge in [-0.1, -0.05) is 6.92 Å². The van der Waals surface area contributed by atoms with Crippen LogP contribution in [0.4, 0.5) is 0 Å². The van der Waals surface area contributed by atoms with E-state index in [-0.39, 0.29) is 11.8 Å². The molecule has 0 aromatic heterocycles. The predicted octanol–water partition coefficient (Wildman–Crippen LogP) is 0.688. The highest BCUT2D eigenvalue weighted by Gasteiger charge is 2.22. The number of nitrogens with zero attached hydrogens (tertiary/aromatic N) is 1. The average molecular weight is 293 g/mol. The lowest BCUT2D eigenvalue weighted by atomic mass is 9.98. The fourth-order valence-corrected chi connectivity index (χ4v) is 2.71. The standard InChI is InChI=1S/C15H23N3O3/c1-10(15(19)17-16)8-18-5-4-11-6-13(20-2)14(21-3)7-12(11)9-18/h6-7,10H,4-5,8-9,16H2,1-3H3,(H,17,19). The van der Waals surface area contributed by atoms with E-state index in [1.54, 1.807) is 14.2 Å². The molecule has 0 saturated heterocycles. The molecule has 1 aromatic carbocycles. The molecule has 1 heterocycles. The molecular weight excluding hydrogens is 270 g/mol. The number of hydrogen-bond acceptors (Lipinski definition) is 5. The summed E-state index contributed by atoms with van der Waals surface area (Å²) in [5.74, 6) is 6.42. The Hall–Kier alpha value is -1.79. The molecule has 0 aliphatic carbocycles. The van der Waals surface area contributed by atoms with Crippen molar-refractivity contribution in [2.45, 2.75) is 19.9 Å². The van der Waals surface area contributed by atoms with Gasteiger partial charge in [0.2, 0.25) is 5.91 Å². The van der Waals surface area contributed by atoms with Gasteiger partial charge in [0.1, 0.15) is 0 Å². The molecule has 21 heavy (non-hydrogen) atoms. The number of methoxy groups -OCH3 is 2. The van der Waals surface area contributed by atoms with Crippen molar-refractivity contribution in [3.05, 3.63) is 23.3 Å². The summed E-state index contributed by atoms with van der Waals surface area (Å²) in [6, 6.07) is 4.07. The molecule has 0 spiro atoms. The molecule has 2 rings (SSSR count). The Balaban J connectivity index is 2.11. The Morgan fingerprint density at radius 1 is 1.33 bits per heavy atom. The zero-order valence-electron chi connectivity index (χ0n) is 12.8. The third-order valence-electron chi connectivity index (χ3n) is 3.92. The van der Waals surface area contributed by atoms with Crippen molar-refractivity contribution < 1.29 is 14.3 Å². The second-order valence-electron chi connectivity index (χ2n) is 5.37. The first-order valence-electron chi connectivity index (χ1n) is 7.05. The summed E-state index contributed by atoms with van der Waals surface area (Å²) in [6.07, 6.45) is 0.937. The van der Waals surface area contributed by atoms with Crippen LogP contribution in [0.15, 0.2) is 12.1 Å². The van der Waals surface area contributed by atoms with E-state index >= 15 is 0 Å². The zero-order chi connectivity index (χ0) is 15.4. The molecule has 1 atom stereocenters. The van der Waals surface area contributed by atoms with Gasteiger partial charge in [0.15, 0.2) is 11.5 Å². The smallest absolute Gasteiger partial charge is 0.237 e. The summed E-state index contributed by atoms with van der Waals surface area (Å²) in [5.41, 5.74) is 4.70. The number of hydrazine groups is 1. The van der Waals surface area contributed by atoms with E-state index in [9.17, 15) is 4.79 Å². The van der Waals surface area contributed by atoms with Crippen molar-refractivity contribution in [2.75, 3.05) is 27.3 Å². The molecular formula is C15H23N3O3. The molecule has 116 valence electrons. The number of carbonyl (C=O) groups excluding carboxylic acids is 1. The van der Waals surface area contributed by atoms with Gasteiger partial charge in [0.05, 0.1) is 14.2 Å². The summed E-state index contributed by atoms with van der Waals surface area (Å²) < 4.78 is 10.7. The molecule has 0 bridgehead atoms. The third-order valence-corrected chi connectivity index (χ3v) is 3.92. The highest BCUT2D eigenvalue weighted by atomic mass is 16.5. The van der Waals surface area contributed by atoms with Crippen molar-refractivity contribution in [3.8, 4) is 11.5 Å². The average Bonchev–Trinajstić information content (AvgIpc) is 2.52. The normalized spacial score (nSPS) is 16.0. The van der Waals surface area contributed by atoms with Gasteiger partial charge in [-0.2, -0.15) is 0 Å². The largest absolute Gasteiger partial charge is 0.493 e. The van der Waals surface area contributed by atoms with E-state index in [0.29, 0.717) is 6.54 Å². The summed E-state index contributed by atoms with van der Waals surface area (Å²) in [6.45, 7) is 4.30. The van der Waals surface area contributed by atoms with Gasteiger partial charge in [0, 0.05) is 25.6 Å². The summed E-state index contributed by atoms with van der Waals surface area (Å²) in [4.78, 5) is 13.8. The van der Waals surface area contributed by atoms with Crippen LogP contribution in [0, 0.1) is 5.92 Å². The predicted molar refractivity (Wildman–Crippen MR) is 80.0 cm³/mol. The molecule has 1 amide bonds. The Morgan fingerprint density at radius 2 is 1.95 bits per heavy atom. The number of ether oxygens (including phenoxy) is 2. The van der Waals surface area contributed by atoms with E-state index in [0.717, 1.165) is 31.0 Å². The maximum Gasteiger partial charge on any atom is 0.237 e. The lowest BCUT2D eigenvalue weighted by Crippen LogP contribution is -2.42. The van der Waals surface area contributed by atoms with Crippen molar-refractivity contribution in [2.24, 2.45) is 11.8 Å². The van der Waals surface area contributed by atoms with Gasteiger partial charge in [-0.15, -0.1) is 0 Å². The first-order valence-corrected chi connectivity index (χ1v) is 7.05. The Kier molecular flexibility index (Phi) is 5.03. The van der Waals surface area contributed by atoms with Crippen LogP contribution in [0.5, 0.6) is 11.5 Å². The first kappa shape index (κ1) is 15.6. The SMILES string of the molecule is COc1cc2c(cc1OC)CN(CC(C)C(=O)NN)CC2. The van der Waals surface area contributed by atoms with Crippen LogP contribution in [0.1, 0.15) is 18.1 Å². The number of carbonyl (C=O) groups is 1. The summed E-state index contributed by atoms with van der Waals surface area (Å²) in [5, 5.41) is 0. The fourth-order valence-electron chi connectivity index (χ4n) is 2.71. The van der Waals surface area contributed by atoms with Crippen molar-refractivity contribution in [3.63, 3.8) is 0 Å². The van der Waals surface area contributed by atoms with Crippen LogP contribution in [-0.2, 0) is 17.8 Å². The quantitative estimate of drug-likeness (QED) is 0.474. The van der Waals surface area contributed by atoms with E-state index in [2.05, 4.69) is 10.3 Å². The number of nitrogens with one attached hydrogen (secondary N) is 1. The minimum absolute atomic E-state index is 0.128. The minimum atomic E-state index is -0.131. The number of rotatable bonds is 5. The number of hydrogen-bond donors (Lipinski definition) is 2. The molecule has 0 radical (unpaired) electrons. The van der Waals surface area contributed by atoms with Crippen molar-refractivity contribution in [1.29, 1.82) is 0 Å². The maximum atomic E-state index is 11.5. The minimum Gasteiger partial charge on any atom is -0.493 e. The molecule has 6 heteroatoms. The van der Waals surface area contributed by atoms with Crippen LogP contribution in [0.25, 0.3) is 0 Å². The molecule has 1 aromatic rings. The Labute approximate surface area is 125 Å². The lowest BCUT2D eigenvalue weighted by Gasteiger charge is -2.31. The Bertz CT molecular complexity index is 519. The number of benzene rings is 1. The number of amides is 1. The molecule has 1 aliphatic heterocycles. The maximum absolute atomic E-state index is 11.5. The van der Waals surface area contributed by atoms with Crippen LogP contribution >= 0.6 is 0 Å². The van der Waals surface area contributed by atoms with E-state index < -0.39 is 0 Å². The van der Waals surface area contributed by atoms with Gasteiger partial charge < -0.3 is 9.47 Å². The molecule has 3 N–H and O–H groups in total. The van der Waals surface area contributed by atoms with Crippen LogP contribution in [0.2, 0.25) is 0 Å². The zero-order valence-corrected chi connectivity index (χ0v) is 12.8.